The highest BCUT2D eigenvalue weighted by Crippen LogP contribution is 2.43. The van der Waals surface area contributed by atoms with Gasteiger partial charge in [-0.25, -0.2) is 14.0 Å². The minimum Gasteiger partial charge on any atom is -0.465 e. The molecule has 0 saturated heterocycles. The highest BCUT2D eigenvalue weighted by molar-refractivity contribution is 6.30. The van der Waals surface area contributed by atoms with Gasteiger partial charge in [0.05, 0.1) is 12.9 Å². The van der Waals surface area contributed by atoms with Crippen molar-refractivity contribution >= 4 is 11.9 Å². The smallest absolute Gasteiger partial charge is 0.422 e. The Hall–Kier alpha value is -3.15. The average molecular weight is 384 g/mol. The zero-order valence-corrected chi connectivity index (χ0v) is 16.0. The molecule has 0 amide bonds. The van der Waals surface area contributed by atoms with Gasteiger partial charge >= 0.3 is 11.9 Å². The van der Waals surface area contributed by atoms with Crippen LogP contribution in [0.4, 0.5) is 4.39 Å². The van der Waals surface area contributed by atoms with Crippen LogP contribution in [0.5, 0.6) is 11.5 Å². The number of fused-ring (bicyclic) bond motifs is 1. The molecule has 2 aromatic carbocycles. The molecule has 6 heteroatoms. The minimum atomic E-state index is -1.07. The Morgan fingerprint density at radius 3 is 2.54 bits per heavy atom. The summed E-state index contributed by atoms with van der Waals surface area (Å²) in [6.07, 6.45) is 2.23. The number of benzene rings is 2. The molecule has 1 aliphatic rings. The first kappa shape index (κ1) is 19.6. The second-order valence-corrected chi connectivity index (χ2v) is 6.62. The van der Waals surface area contributed by atoms with E-state index in [4.69, 9.17) is 14.2 Å². The molecule has 0 radical (unpaired) electrons. The van der Waals surface area contributed by atoms with E-state index in [1.165, 1.54) is 12.1 Å². The molecule has 28 heavy (non-hydrogen) atoms. The maximum Gasteiger partial charge on any atom is 0.422 e. The van der Waals surface area contributed by atoms with Crippen molar-refractivity contribution in [3.05, 3.63) is 70.7 Å². The fourth-order valence-corrected chi connectivity index (χ4v) is 3.13. The summed E-state index contributed by atoms with van der Waals surface area (Å²) in [6.45, 7) is 5.51. The lowest BCUT2D eigenvalue weighted by atomic mass is 9.86. The summed E-state index contributed by atoms with van der Waals surface area (Å²) in [6, 6.07) is 9.79. The largest absolute Gasteiger partial charge is 0.465 e. The maximum absolute atomic E-state index is 13.1. The molecule has 1 aliphatic heterocycles. The average Bonchev–Trinajstić information content (AvgIpc) is 2.65. The molecule has 3 rings (SSSR count). The molecule has 5 nitrogen and oxygen atoms in total. The molecule has 0 spiro atoms. The van der Waals surface area contributed by atoms with E-state index in [1.54, 1.807) is 31.4 Å². The SMILES string of the molecule is CCOC(=O)C(=O)Oc1cc(C)cc2c1C(C)C(Cc1ccc(F)cc1)=CO2. The molecule has 0 saturated carbocycles. The van der Waals surface area contributed by atoms with E-state index in [1.807, 2.05) is 19.9 Å². The number of aryl methyl sites for hydroxylation is 1. The standard InChI is InChI=1S/C22H21FO5/c1-4-26-21(24)22(25)28-19-10-13(2)9-18-20(19)14(3)16(12-27-18)11-15-5-7-17(23)8-6-15/h5-10,12,14H,4,11H2,1-3H3. The van der Waals surface area contributed by atoms with Gasteiger partial charge in [-0.2, -0.15) is 0 Å². The Balaban J connectivity index is 1.88. The number of ether oxygens (including phenoxy) is 3. The van der Waals surface area contributed by atoms with Crippen LogP contribution in [0.15, 0.2) is 48.2 Å². The Bertz CT molecular complexity index is 931. The number of allylic oxidation sites excluding steroid dienone is 1. The zero-order chi connectivity index (χ0) is 20.3. The third-order valence-corrected chi connectivity index (χ3v) is 4.54. The third-order valence-electron chi connectivity index (χ3n) is 4.54. The quantitative estimate of drug-likeness (QED) is 0.449. The molecule has 0 N–H and O–H groups in total. The van der Waals surface area contributed by atoms with Crippen LogP contribution in [0.25, 0.3) is 0 Å². The van der Waals surface area contributed by atoms with Crippen molar-refractivity contribution in [2.24, 2.45) is 0 Å². The number of hydrogen-bond donors (Lipinski definition) is 0. The van der Waals surface area contributed by atoms with Crippen molar-refractivity contribution in [3.8, 4) is 11.5 Å². The summed E-state index contributed by atoms with van der Waals surface area (Å²) in [4.78, 5) is 23.7. The van der Waals surface area contributed by atoms with Crippen molar-refractivity contribution in [2.75, 3.05) is 6.61 Å². The Morgan fingerprint density at radius 2 is 1.86 bits per heavy atom. The van der Waals surface area contributed by atoms with Crippen LogP contribution >= 0.6 is 0 Å². The van der Waals surface area contributed by atoms with Gasteiger partial charge in [0.2, 0.25) is 0 Å². The third kappa shape index (κ3) is 4.22. The predicted octanol–water partition coefficient (Wildman–Crippen LogP) is 4.23. The first-order valence-corrected chi connectivity index (χ1v) is 9.02. The predicted molar refractivity (Wildman–Crippen MR) is 101 cm³/mol. The van der Waals surface area contributed by atoms with Crippen LogP contribution in [-0.4, -0.2) is 18.5 Å². The normalized spacial score (nSPS) is 15.1. The number of carbonyl (C=O) groups excluding carboxylic acids is 2. The first-order valence-electron chi connectivity index (χ1n) is 9.02. The van der Waals surface area contributed by atoms with Gasteiger partial charge in [0.15, 0.2) is 0 Å². The fourth-order valence-electron chi connectivity index (χ4n) is 3.13. The lowest BCUT2D eigenvalue weighted by molar-refractivity contribution is -0.161. The molecule has 2 aromatic rings. The van der Waals surface area contributed by atoms with Gasteiger partial charge in [-0.1, -0.05) is 19.1 Å². The van der Waals surface area contributed by atoms with E-state index >= 15 is 0 Å². The van der Waals surface area contributed by atoms with Crippen molar-refractivity contribution in [3.63, 3.8) is 0 Å². The summed E-state index contributed by atoms with van der Waals surface area (Å²) >= 11 is 0. The van der Waals surface area contributed by atoms with Crippen molar-refractivity contribution in [1.82, 2.24) is 0 Å². The first-order chi connectivity index (χ1) is 13.4. The topological polar surface area (TPSA) is 61.8 Å². The molecule has 0 aromatic heterocycles. The van der Waals surface area contributed by atoms with Crippen molar-refractivity contribution < 1.29 is 28.2 Å². The summed E-state index contributed by atoms with van der Waals surface area (Å²) in [5.41, 5.74) is 3.39. The maximum atomic E-state index is 13.1. The van der Waals surface area contributed by atoms with Crippen LogP contribution in [0, 0.1) is 12.7 Å². The van der Waals surface area contributed by atoms with Gasteiger partial charge in [-0.3, -0.25) is 0 Å². The van der Waals surface area contributed by atoms with Gasteiger partial charge < -0.3 is 14.2 Å². The van der Waals surface area contributed by atoms with Gasteiger partial charge in [-0.05, 0) is 61.2 Å². The van der Waals surface area contributed by atoms with Crippen LogP contribution < -0.4 is 9.47 Å². The van der Waals surface area contributed by atoms with Gasteiger partial charge in [-0.15, -0.1) is 0 Å². The van der Waals surface area contributed by atoms with E-state index in [0.717, 1.165) is 16.7 Å². The Labute approximate surface area is 162 Å². The molecule has 0 fully saturated rings. The van der Waals surface area contributed by atoms with E-state index in [9.17, 15) is 14.0 Å². The van der Waals surface area contributed by atoms with Crippen LogP contribution in [0.2, 0.25) is 0 Å². The fraction of sp³-hybridized carbons (Fsp3) is 0.273. The summed E-state index contributed by atoms with van der Waals surface area (Å²) in [5, 5.41) is 0. The Morgan fingerprint density at radius 1 is 1.14 bits per heavy atom. The number of rotatable bonds is 4. The molecule has 1 atom stereocenters. The van der Waals surface area contributed by atoms with Gasteiger partial charge in [0.25, 0.3) is 0 Å². The highest BCUT2D eigenvalue weighted by atomic mass is 19.1. The molecule has 1 heterocycles. The van der Waals surface area contributed by atoms with Crippen LogP contribution in [0.3, 0.4) is 0 Å². The number of halogens is 1. The number of carbonyl (C=O) groups is 2. The highest BCUT2D eigenvalue weighted by Gasteiger charge is 2.28. The lowest BCUT2D eigenvalue weighted by Gasteiger charge is -2.26. The van der Waals surface area contributed by atoms with E-state index < -0.39 is 11.9 Å². The van der Waals surface area contributed by atoms with Crippen molar-refractivity contribution in [1.29, 1.82) is 0 Å². The van der Waals surface area contributed by atoms with Crippen molar-refractivity contribution in [2.45, 2.75) is 33.1 Å². The van der Waals surface area contributed by atoms with E-state index in [-0.39, 0.29) is 24.1 Å². The van der Waals surface area contributed by atoms with Crippen LogP contribution in [0.1, 0.15) is 36.5 Å². The summed E-state index contributed by atoms with van der Waals surface area (Å²) in [7, 11) is 0. The molecule has 0 aliphatic carbocycles. The second-order valence-electron chi connectivity index (χ2n) is 6.62. The van der Waals surface area contributed by atoms with E-state index in [0.29, 0.717) is 17.7 Å². The summed E-state index contributed by atoms with van der Waals surface area (Å²) in [5.74, 6) is -1.69. The minimum absolute atomic E-state index is 0.0872. The molecule has 1 unspecified atom stereocenters. The Kier molecular flexibility index (Phi) is 5.78. The van der Waals surface area contributed by atoms with Gasteiger partial charge in [0.1, 0.15) is 17.3 Å². The second kappa shape index (κ2) is 8.25. The summed E-state index contributed by atoms with van der Waals surface area (Å²) < 4.78 is 28.9. The number of esters is 2. The molecular formula is C22H21FO5. The molecule has 0 bridgehead atoms. The van der Waals surface area contributed by atoms with Crippen LogP contribution in [-0.2, 0) is 20.7 Å². The van der Waals surface area contributed by atoms with Gasteiger partial charge in [0, 0.05) is 11.5 Å². The lowest BCUT2D eigenvalue weighted by Crippen LogP contribution is -2.24. The number of hydrogen-bond acceptors (Lipinski definition) is 5. The monoisotopic (exact) mass is 384 g/mol. The van der Waals surface area contributed by atoms with E-state index in [2.05, 4.69) is 0 Å². The molecule has 146 valence electrons. The molecular weight excluding hydrogens is 363 g/mol. The zero-order valence-electron chi connectivity index (χ0n) is 16.0.